The van der Waals surface area contributed by atoms with Crippen LogP contribution in [0.2, 0.25) is 0 Å². The zero-order chi connectivity index (χ0) is 42.8. The quantitative estimate of drug-likeness (QED) is 0.133. The summed E-state index contributed by atoms with van der Waals surface area (Å²) >= 11 is 0. The van der Waals surface area contributed by atoms with Gasteiger partial charge in [0.1, 0.15) is 11.5 Å². The summed E-state index contributed by atoms with van der Waals surface area (Å²) in [5.74, 6) is -1.56. The number of aryl methyl sites for hydroxylation is 1. The minimum Gasteiger partial charge on any atom is -0.369 e. The Morgan fingerprint density at radius 2 is 1.72 bits per heavy atom. The van der Waals surface area contributed by atoms with Crippen molar-refractivity contribution in [3.8, 4) is 11.3 Å². The second-order valence-electron chi connectivity index (χ2n) is 17.4. The Kier molecular flexibility index (Phi) is 11.9. The van der Waals surface area contributed by atoms with Crippen LogP contribution < -0.4 is 20.9 Å². The molecule has 320 valence electrons. The lowest BCUT2D eigenvalue weighted by Gasteiger charge is -2.38. The third kappa shape index (κ3) is 9.61. The van der Waals surface area contributed by atoms with Gasteiger partial charge in [-0.2, -0.15) is 5.10 Å². The minimum atomic E-state index is -0.548. The molecule has 6 heterocycles. The van der Waals surface area contributed by atoms with Gasteiger partial charge in [0.05, 0.1) is 47.5 Å². The molecule has 3 fully saturated rings. The first kappa shape index (κ1) is 41.6. The zero-order valence-electron chi connectivity index (χ0n) is 35.0. The van der Waals surface area contributed by atoms with Crippen LogP contribution in [0.3, 0.4) is 0 Å². The number of amides is 3. The maximum atomic E-state index is 15.3. The molecule has 3 aliphatic heterocycles. The second-order valence-corrected chi connectivity index (χ2v) is 17.4. The van der Waals surface area contributed by atoms with Crippen LogP contribution in [0.15, 0.2) is 61.2 Å². The van der Waals surface area contributed by atoms with E-state index in [4.69, 9.17) is 0 Å². The number of hydrogen-bond acceptors (Lipinski definition) is 11. The summed E-state index contributed by atoms with van der Waals surface area (Å²) in [5.41, 5.74) is 4.32. The number of likely N-dealkylation sites (tertiary alicyclic amines) is 1. The van der Waals surface area contributed by atoms with Gasteiger partial charge in [-0.3, -0.25) is 24.4 Å². The average Bonchev–Trinajstić information content (AvgIpc) is 3.93. The van der Waals surface area contributed by atoms with Crippen LogP contribution in [0.25, 0.3) is 11.3 Å². The molecule has 2 aromatic carbocycles. The molecule has 3 N–H and O–H groups in total. The predicted octanol–water partition coefficient (Wildman–Crippen LogP) is 6.02. The number of anilines is 3. The highest BCUT2D eigenvalue weighted by Gasteiger charge is 2.30. The molecule has 8 rings (SSSR count). The standard InChI is InChI=1S/C44H52F2N12O3/c1-27-19-30(5-6-31(27)21-47-42(61)37-26-58(54-53-37)44(2,3)4)40-36(46)23-48-43(52-40)50-32-22-49-57(25-32)33-13-15-55(16-14-33)24-28-11-17-56(18-12-28)38-9-7-29(20-35(38)45)34-8-10-39(59)51-41(34)60/h5-7,9,19-20,22-23,25-26,28,33-34H,8,10-18,21,24H2,1-4H3,(H,47,61)(H,48,50,52)(H,51,59,60). The van der Waals surface area contributed by atoms with Crippen molar-refractivity contribution in [2.24, 2.45) is 5.92 Å². The van der Waals surface area contributed by atoms with Gasteiger partial charge in [-0.25, -0.2) is 23.4 Å². The minimum absolute atomic E-state index is 0.160. The van der Waals surface area contributed by atoms with Crippen LogP contribution in [0, 0.1) is 24.5 Å². The van der Waals surface area contributed by atoms with Crippen LogP contribution in [-0.4, -0.2) is 90.1 Å². The molecule has 17 heteroatoms. The average molecular weight is 835 g/mol. The van der Waals surface area contributed by atoms with Crippen molar-refractivity contribution in [3.05, 3.63) is 95.2 Å². The summed E-state index contributed by atoms with van der Waals surface area (Å²) < 4.78 is 34.0. The highest BCUT2D eigenvalue weighted by Crippen LogP contribution is 2.33. The molecule has 3 aliphatic rings. The molecule has 0 bridgehead atoms. The molecule has 3 amide bonds. The Morgan fingerprint density at radius 1 is 0.934 bits per heavy atom. The van der Waals surface area contributed by atoms with Crippen LogP contribution in [0.4, 0.5) is 26.1 Å². The number of halogens is 2. The van der Waals surface area contributed by atoms with Crippen molar-refractivity contribution < 1.29 is 23.2 Å². The van der Waals surface area contributed by atoms with Crippen molar-refractivity contribution in [1.82, 2.24) is 50.3 Å². The summed E-state index contributed by atoms with van der Waals surface area (Å²) in [4.78, 5) is 49.9. The molecule has 3 saturated heterocycles. The van der Waals surface area contributed by atoms with Gasteiger partial charge in [0.2, 0.25) is 17.8 Å². The van der Waals surface area contributed by atoms with Gasteiger partial charge in [-0.15, -0.1) is 5.10 Å². The zero-order valence-corrected chi connectivity index (χ0v) is 35.0. The second kappa shape index (κ2) is 17.5. The van der Waals surface area contributed by atoms with Crippen LogP contribution >= 0.6 is 0 Å². The molecular weight excluding hydrogens is 783 g/mol. The van der Waals surface area contributed by atoms with Gasteiger partial charge in [-0.1, -0.05) is 23.4 Å². The Labute approximate surface area is 353 Å². The number of nitrogens with one attached hydrogen (secondary N) is 3. The first-order valence-electron chi connectivity index (χ1n) is 21.0. The molecule has 3 aromatic heterocycles. The Hall–Kier alpha value is -6.10. The lowest BCUT2D eigenvalue weighted by Crippen LogP contribution is -2.42. The largest absolute Gasteiger partial charge is 0.369 e. The van der Waals surface area contributed by atoms with E-state index in [0.29, 0.717) is 34.8 Å². The van der Waals surface area contributed by atoms with E-state index < -0.39 is 11.7 Å². The number of rotatable bonds is 11. The smallest absolute Gasteiger partial charge is 0.273 e. The molecule has 1 atom stereocenters. The molecule has 15 nitrogen and oxygen atoms in total. The predicted molar refractivity (Wildman–Crippen MR) is 225 cm³/mol. The highest BCUT2D eigenvalue weighted by atomic mass is 19.1. The van der Waals surface area contributed by atoms with Crippen LogP contribution in [-0.2, 0) is 21.7 Å². The summed E-state index contributed by atoms with van der Waals surface area (Å²) in [6.07, 6.45) is 11.0. The third-order valence-electron chi connectivity index (χ3n) is 12.1. The van der Waals surface area contributed by atoms with E-state index in [-0.39, 0.29) is 65.4 Å². The highest BCUT2D eigenvalue weighted by molar-refractivity contribution is 6.01. The van der Waals surface area contributed by atoms with Crippen molar-refractivity contribution >= 4 is 35.0 Å². The number of benzene rings is 2. The monoisotopic (exact) mass is 834 g/mol. The van der Waals surface area contributed by atoms with E-state index in [2.05, 4.69) is 51.1 Å². The summed E-state index contributed by atoms with van der Waals surface area (Å²) in [5, 5.41) is 21.1. The van der Waals surface area contributed by atoms with Gasteiger partial charge in [0.15, 0.2) is 11.5 Å². The summed E-state index contributed by atoms with van der Waals surface area (Å²) in [6.45, 7) is 12.6. The Bertz CT molecular complexity index is 2410. The van der Waals surface area contributed by atoms with Gasteiger partial charge < -0.3 is 20.4 Å². The topological polar surface area (TPSA) is 168 Å². The molecular formula is C44H52F2N12O3. The fourth-order valence-corrected chi connectivity index (χ4v) is 8.46. The number of nitrogens with zero attached hydrogens (tertiary/aromatic N) is 9. The van der Waals surface area contributed by atoms with Crippen molar-refractivity contribution in [2.45, 2.75) is 90.3 Å². The normalized spacial score (nSPS) is 18.3. The molecule has 61 heavy (non-hydrogen) atoms. The van der Waals surface area contributed by atoms with E-state index in [0.717, 1.165) is 75.7 Å². The Balaban J connectivity index is 0.797. The SMILES string of the molecule is Cc1cc(-c2nc(Nc3cnn(C4CCN(CC5CCN(c6ccc(C7CCC(=O)NC7=O)cc6F)CC5)CC4)c3)ncc2F)ccc1CNC(=O)c1cn(C(C)(C)C)nn1. The number of aromatic nitrogens is 7. The fraction of sp³-hybridized carbons (Fsp3) is 0.455. The molecule has 1 unspecified atom stereocenters. The van der Waals surface area contributed by atoms with Crippen LogP contribution in [0.5, 0.6) is 0 Å². The first-order valence-corrected chi connectivity index (χ1v) is 21.0. The lowest BCUT2D eigenvalue weighted by molar-refractivity contribution is -0.134. The van der Waals surface area contributed by atoms with Crippen molar-refractivity contribution in [3.63, 3.8) is 0 Å². The number of carbonyl (C=O) groups excluding carboxylic acids is 3. The summed E-state index contributed by atoms with van der Waals surface area (Å²) in [6, 6.07) is 10.8. The van der Waals surface area contributed by atoms with E-state index in [1.807, 2.05) is 56.8 Å². The number of carbonyl (C=O) groups is 3. The van der Waals surface area contributed by atoms with Gasteiger partial charge >= 0.3 is 0 Å². The first-order chi connectivity index (χ1) is 29.3. The molecule has 5 aromatic rings. The third-order valence-corrected chi connectivity index (χ3v) is 12.1. The maximum Gasteiger partial charge on any atom is 0.273 e. The van der Waals surface area contributed by atoms with E-state index in [1.54, 1.807) is 29.2 Å². The molecule has 0 radical (unpaired) electrons. The van der Waals surface area contributed by atoms with E-state index in [1.165, 1.54) is 6.07 Å². The van der Waals surface area contributed by atoms with E-state index in [9.17, 15) is 14.4 Å². The fourth-order valence-electron chi connectivity index (χ4n) is 8.46. The Morgan fingerprint density at radius 3 is 2.43 bits per heavy atom. The van der Waals surface area contributed by atoms with Gasteiger partial charge in [0, 0.05) is 57.4 Å². The van der Waals surface area contributed by atoms with Crippen molar-refractivity contribution in [1.29, 1.82) is 0 Å². The summed E-state index contributed by atoms with van der Waals surface area (Å²) in [7, 11) is 0. The maximum absolute atomic E-state index is 15.3. The van der Waals surface area contributed by atoms with Crippen LogP contribution in [0.1, 0.15) is 98.4 Å². The van der Waals surface area contributed by atoms with Gasteiger partial charge in [-0.05, 0) is 101 Å². The lowest BCUT2D eigenvalue weighted by atomic mass is 9.90. The van der Waals surface area contributed by atoms with Crippen molar-refractivity contribution in [2.75, 3.05) is 42.9 Å². The molecule has 0 saturated carbocycles. The molecule has 0 spiro atoms. The van der Waals surface area contributed by atoms with Gasteiger partial charge in [0.25, 0.3) is 5.91 Å². The molecule has 0 aliphatic carbocycles. The number of piperidine rings is 3. The number of imide groups is 1. The number of hydrogen-bond donors (Lipinski definition) is 3. The van der Waals surface area contributed by atoms with E-state index >= 15 is 8.78 Å².